The van der Waals surface area contributed by atoms with Crippen LogP contribution in [0.3, 0.4) is 0 Å². The van der Waals surface area contributed by atoms with E-state index in [1.165, 1.54) is 6.92 Å². The molecule has 1 rings (SSSR count). The summed E-state index contributed by atoms with van der Waals surface area (Å²) in [5.74, 6) is -1.29. The predicted octanol–water partition coefficient (Wildman–Crippen LogP) is 2.11. The van der Waals surface area contributed by atoms with E-state index in [1.807, 2.05) is 0 Å². The Morgan fingerprint density at radius 2 is 2.07 bits per heavy atom. The number of nitrogens with zero attached hydrogens (tertiary/aromatic N) is 1. The number of hydrogen-bond donors (Lipinski definition) is 1. The summed E-state index contributed by atoms with van der Waals surface area (Å²) in [6.45, 7) is 1.29. The Labute approximate surface area is 77.2 Å². The molecule has 76 valence electrons. The largest absolute Gasteiger partial charge is 0.478 e. The van der Waals surface area contributed by atoms with Crippen molar-refractivity contribution in [2.24, 2.45) is 0 Å². The van der Waals surface area contributed by atoms with Crippen molar-refractivity contribution >= 4 is 5.97 Å². The molecule has 6 heteroatoms. The quantitative estimate of drug-likeness (QED) is 0.763. The number of alkyl halides is 3. The molecule has 1 aromatic rings. The molecule has 0 aliphatic heterocycles. The fourth-order valence-corrected chi connectivity index (χ4v) is 0.935. The molecular weight excluding hydrogens is 199 g/mol. The minimum Gasteiger partial charge on any atom is -0.478 e. The first-order chi connectivity index (χ1) is 6.32. The maximum atomic E-state index is 12.1. The normalized spacial score (nSPS) is 11.4. The zero-order chi connectivity index (χ0) is 10.9. The van der Waals surface area contributed by atoms with Crippen LogP contribution in [0.1, 0.15) is 21.6 Å². The van der Waals surface area contributed by atoms with Crippen LogP contribution in [0.25, 0.3) is 0 Å². The number of rotatable bonds is 1. The van der Waals surface area contributed by atoms with Gasteiger partial charge in [-0.15, -0.1) is 0 Å². The lowest BCUT2D eigenvalue weighted by atomic mass is 10.1. The van der Waals surface area contributed by atoms with Gasteiger partial charge in [0.2, 0.25) is 0 Å². The zero-order valence-corrected chi connectivity index (χ0v) is 7.09. The SMILES string of the molecule is Cc1cc(C(F)(F)F)ncc1C(=O)O. The summed E-state index contributed by atoms with van der Waals surface area (Å²) in [7, 11) is 0. The van der Waals surface area contributed by atoms with Crippen LogP contribution < -0.4 is 0 Å². The van der Waals surface area contributed by atoms with Gasteiger partial charge >= 0.3 is 12.1 Å². The highest BCUT2D eigenvalue weighted by Crippen LogP contribution is 2.28. The summed E-state index contributed by atoms with van der Waals surface area (Å²) >= 11 is 0. The highest BCUT2D eigenvalue weighted by molar-refractivity contribution is 5.88. The van der Waals surface area contributed by atoms with Crippen molar-refractivity contribution in [2.75, 3.05) is 0 Å². The first kappa shape index (κ1) is 10.5. The average molecular weight is 205 g/mol. The molecule has 0 bridgehead atoms. The van der Waals surface area contributed by atoms with Gasteiger partial charge < -0.3 is 5.11 Å². The van der Waals surface area contributed by atoms with Gasteiger partial charge in [-0.2, -0.15) is 13.2 Å². The van der Waals surface area contributed by atoms with Crippen LogP contribution >= 0.6 is 0 Å². The lowest BCUT2D eigenvalue weighted by molar-refractivity contribution is -0.141. The van der Waals surface area contributed by atoms with Crippen molar-refractivity contribution in [3.8, 4) is 0 Å². The molecule has 0 aromatic carbocycles. The molecule has 0 aliphatic carbocycles. The highest BCUT2D eigenvalue weighted by Gasteiger charge is 2.32. The Morgan fingerprint density at radius 3 is 2.43 bits per heavy atom. The Bertz CT molecular complexity index is 373. The first-order valence-corrected chi connectivity index (χ1v) is 3.59. The fraction of sp³-hybridized carbons (Fsp3) is 0.250. The molecule has 0 unspecified atom stereocenters. The summed E-state index contributed by atoms with van der Waals surface area (Å²) < 4.78 is 36.3. The van der Waals surface area contributed by atoms with Gasteiger partial charge in [-0.05, 0) is 18.6 Å². The van der Waals surface area contributed by atoms with E-state index in [1.54, 1.807) is 0 Å². The predicted molar refractivity (Wildman–Crippen MR) is 40.9 cm³/mol. The molecular formula is C8H6F3NO2. The smallest absolute Gasteiger partial charge is 0.433 e. The molecule has 0 fully saturated rings. The van der Waals surface area contributed by atoms with Gasteiger partial charge in [0.1, 0.15) is 5.69 Å². The number of hydrogen-bond acceptors (Lipinski definition) is 2. The molecule has 0 saturated carbocycles. The number of carboxylic acid groups (broad SMARTS) is 1. The van der Waals surface area contributed by atoms with E-state index in [2.05, 4.69) is 4.98 Å². The van der Waals surface area contributed by atoms with Gasteiger partial charge in [-0.1, -0.05) is 0 Å². The molecule has 0 saturated heterocycles. The minimum absolute atomic E-state index is 0.0415. The third-order valence-corrected chi connectivity index (χ3v) is 1.63. The molecule has 0 aliphatic rings. The molecule has 1 N–H and O–H groups in total. The molecule has 14 heavy (non-hydrogen) atoms. The van der Waals surface area contributed by atoms with Gasteiger partial charge in [-0.3, -0.25) is 4.98 Å². The van der Waals surface area contributed by atoms with Gasteiger partial charge in [0.25, 0.3) is 0 Å². The number of carboxylic acids is 1. The van der Waals surface area contributed by atoms with Crippen molar-refractivity contribution < 1.29 is 23.1 Å². The van der Waals surface area contributed by atoms with Crippen molar-refractivity contribution in [3.05, 3.63) is 29.1 Å². The van der Waals surface area contributed by atoms with Crippen LogP contribution in [0, 0.1) is 6.92 Å². The number of aromatic carboxylic acids is 1. The van der Waals surface area contributed by atoms with E-state index in [9.17, 15) is 18.0 Å². The summed E-state index contributed by atoms with van der Waals surface area (Å²) in [5.41, 5.74) is -1.27. The van der Waals surface area contributed by atoms with Gasteiger partial charge in [0.05, 0.1) is 5.56 Å². The molecule has 0 amide bonds. The van der Waals surface area contributed by atoms with Crippen molar-refractivity contribution in [3.63, 3.8) is 0 Å². The zero-order valence-electron chi connectivity index (χ0n) is 7.09. The number of halogens is 3. The van der Waals surface area contributed by atoms with E-state index < -0.39 is 17.8 Å². The Balaban J connectivity index is 3.20. The number of aromatic nitrogens is 1. The minimum atomic E-state index is -4.54. The summed E-state index contributed by atoms with van der Waals surface area (Å²) in [4.78, 5) is 13.5. The Morgan fingerprint density at radius 1 is 1.50 bits per heavy atom. The van der Waals surface area contributed by atoms with Crippen molar-refractivity contribution in [1.29, 1.82) is 0 Å². The average Bonchev–Trinajstić information content (AvgIpc) is 2.01. The molecule has 1 heterocycles. The standard InChI is InChI=1S/C8H6F3NO2/c1-4-2-6(8(9,10)11)12-3-5(4)7(13)14/h2-3H,1H3,(H,13,14). The summed E-state index contributed by atoms with van der Waals surface area (Å²) in [5, 5.41) is 8.54. The molecule has 3 nitrogen and oxygen atoms in total. The van der Waals surface area contributed by atoms with Crippen LogP contribution in [0.4, 0.5) is 13.2 Å². The fourth-order valence-electron chi connectivity index (χ4n) is 0.935. The van der Waals surface area contributed by atoms with E-state index in [0.29, 0.717) is 12.3 Å². The van der Waals surface area contributed by atoms with Gasteiger partial charge in [0, 0.05) is 6.20 Å². The Kier molecular flexibility index (Phi) is 2.46. The maximum Gasteiger partial charge on any atom is 0.433 e. The second kappa shape index (κ2) is 3.28. The third kappa shape index (κ3) is 2.01. The van der Waals surface area contributed by atoms with E-state index in [4.69, 9.17) is 5.11 Å². The molecule has 0 atom stereocenters. The van der Waals surface area contributed by atoms with Crippen LogP contribution in [0.5, 0.6) is 0 Å². The molecule has 0 spiro atoms. The summed E-state index contributed by atoms with van der Waals surface area (Å²) in [6.07, 6.45) is -3.83. The first-order valence-electron chi connectivity index (χ1n) is 3.59. The van der Waals surface area contributed by atoms with Gasteiger partial charge in [0.15, 0.2) is 0 Å². The number of carbonyl (C=O) groups is 1. The molecule has 1 aromatic heterocycles. The van der Waals surface area contributed by atoms with Crippen LogP contribution in [0.15, 0.2) is 12.3 Å². The van der Waals surface area contributed by atoms with Gasteiger partial charge in [-0.25, -0.2) is 4.79 Å². The molecule has 0 radical (unpaired) electrons. The van der Waals surface area contributed by atoms with E-state index in [0.717, 1.165) is 0 Å². The van der Waals surface area contributed by atoms with E-state index in [-0.39, 0.29) is 11.1 Å². The van der Waals surface area contributed by atoms with Crippen molar-refractivity contribution in [1.82, 2.24) is 4.98 Å². The maximum absolute atomic E-state index is 12.1. The summed E-state index contributed by atoms with van der Waals surface area (Å²) in [6, 6.07) is 0.712. The van der Waals surface area contributed by atoms with Crippen molar-refractivity contribution in [2.45, 2.75) is 13.1 Å². The van der Waals surface area contributed by atoms with E-state index >= 15 is 0 Å². The van der Waals surface area contributed by atoms with Crippen LogP contribution in [-0.2, 0) is 6.18 Å². The second-order valence-electron chi connectivity index (χ2n) is 2.69. The third-order valence-electron chi connectivity index (χ3n) is 1.63. The number of pyridine rings is 1. The van der Waals surface area contributed by atoms with Crippen LogP contribution in [-0.4, -0.2) is 16.1 Å². The van der Waals surface area contributed by atoms with Crippen LogP contribution in [0.2, 0.25) is 0 Å². The topological polar surface area (TPSA) is 50.2 Å². The second-order valence-corrected chi connectivity index (χ2v) is 2.69. The Hall–Kier alpha value is -1.59. The highest BCUT2D eigenvalue weighted by atomic mass is 19.4. The lowest BCUT2D eigenvalue weighted by Gasteiger charge is -2.07. The number of aryl methyl sites for hydroxylation is 1. The monoisotopic (exact) mass is 205 g/mol. The lowest BCUT2D eigenvalue weighted by Crippen LogP contribution is -2.10.